The van der Waals surface area contributed by atoms with Gasteiger partial charge in [-0.2, -0.15) is 5.10 Å². The quantitative estimate of drug-likeness (QED) is 0.504. The number of ether oxygens (including phenoxy) is 2. The third-order valence-corrected chi connectivity index (χ3v) is 7.37. The Kier molecular flexibility index (Phi) is 7.73. The first-order chi connectivity index (χ1) is 16.6. The summed E-state index contributed by atoms with van der Waals surface area (Å²) in [6.07, 6.45) is 4.19. The van der Waals surface area contributed by atoms with Crippen molar-refractivity contribution in [1.29, 1.82) is 0 Å². The van der Waals surface area contributed by atoms with E-state index in [2.05, 4.69) is 20.8 Å². The standard InChI is InChI=1S/C26H35BrN4O4/c1-26(2,3)35-25(33)29-12-9-19(10-13-29)15-30-14-11-22(27)23(32)21-17-31(28-24(21)30)16-18-5-7-20(34-4)8-6-18/h5-8,17,19,22H,9-16H2,1-4H3. The van der Waals surface area contributed by atoms with E-state index in [1.165, 1.54) is 0 Å². The van der Waals surface area contributed by atoms with Crippen LogP contribution in [0.4, 0.5) is 10.6 Å². The second-order valence-electron chi connectivity index (χ2n) is 10.4. The zero-order valence-electron chi connectivity index (χ0n) is 21.0. The monoisotopic (exact) mass is 546 g/mol. The Morgan fingerprint density at radius 3 is 2.43 bits per heavy atom. The number of alkyl halides is 1. The normalized spacial score (nSPS) is 19.3. The summed E-state index contributed by atoms with van der Waals surface area (Å²) in [6.45, 7) is 9.21. The van der Waals surface area contributed by atoms with Crippen LogP contribution in [-0.4, -0.2) is 70.3 Å². The molecule has 0 saturated carbocycles. The molecular weight excluding hydrogens is 512 g/mol. The second-order valence-corrected chi connectivity index (χ2v) is 11.5. The molecule has 4 rings (SSSR count). The number of benzene rings is 1. The highest BCUT2D eigenvalue weighted by atomic mass is 79.9. The molecule has 0 bridgehead atoms. The average Bonchev–Trinajstić information content (AvgIpc) is 3.20. The predicted octanol–water partition coefficient (Wildman–Crippen LogP) is 4.74. The highest BCUT2D eigenvalue weighted by Crippen LogP contribution is 2.31. The zero-order valence-corrected chi connectivity index (χ0v) is 22.6. The van der Waals surface area contributed by atoms with Crippen molar-refractivity contribution < 1.29 is 19.1 Å². The molecule has 2 aliphatic heterocycles. The van der Waals surface area contributed by atoms with Gasteiger partial charge in [-0.25, -0.2) is 4.79 Å². The Labute approximate surface area is 215 Å². The van der Waals surface area contributed by atoms with Crippen LogP contribution in [0.5, 0.6) is 5.75 Å². The minimum absolute atomic E-state index is 0.0863. The van der Waals surface area contributed by atoms with E-state index in [-0.39, 0.29) is 16.7 Å². The molecule has 2 aromatic rings. The van der Waals surface area contributed by atoms with Gasteiger partial charge < -0.3 is 19.3 Å². The van der Waals surface area contributed by atoms with Gasteiger partial charge in [-0.1, -0.05) is 28.1 Å². The van der Waals surface area contributed by atoms with Crippen LogP contribution in [0.15, 0.2) is 30.5 Å². The summed E-state index contributed by atoms with van der Waals surface area (Å²) < 4.78 is 12.6. The molecule has 35 heavy (non-hydrogen) atoms. The van der Waals surface area contributed by atoms with Crippen LogP contribution in [0.25, 0.3) is 0 Å². The molecule has 2 aliphatic rings. The fourth-order valence-corrected chi connectivity index (χ4v) is 5.06. The van der Waals surface area contributed by atoms with Crippen LogP contribution in [0.1, 0.15) is 56.0 Å². The van der Waals surface area contributed by atoms with Crippen LogP contribution in [0.2, 0.25) is 0 Å². The van der Waals surface area contributed by atoms with Gasteiger partial charge in [0.2, 0.25) is 0 Å². The van der Waals surface area contributed by atoms with Crippen LogP contribution in [0, 0.1) is 5.92 Å². The summed E-state index contributed by atoms with van der Waals surface area (Å²) in [7, 11) is 1.65. The van der Waals surface area contributed by atoms with Gasteiger partial charge in [-0.15, -0.1) is 0 Å². The lowest BCUT2D eigenvalue weighted by Gasteiger charge is -2.35. The molecule has 0 radical (unpaired) electrons. The van der Waals surface area contributed by atoms with E-state index < -0.39 is 5.60 Å². The van der Waals surface area contributed by atoms with Crippen molar-refractivity contribution in [2.45, 2.75) is 57.0 Å². The molecule has 1 aromatic carbocycles. The lowest BCUT2D eigenvalue weighted by atomic mass is 9.96. The Hall–Kier alpha value is -2.55. The molecule has 0 aliphatic carbocycles. The van der Waals surface area contributed by atoms with Crippen LogP contribution in [0.3, 0.4) is 0 Å². The minimum Gasteiger partial charge on any atom is -0.497 e. The summed E-state index contributed by atoms with van der Waals surface area (Å²) in [5.41, 5.74) is 1.27. The van der Waals surface area contributed by atoms with Gasteiger partial charge in [-0.3, -0.25) is 9.48 Å². The van der Waals surface area contributed by atoms with E-state index in [0.717, 1.165) is 49.5 Å². The smallest absolute Gasteiger partial charge is 0.410 e. The molecular formula is C26H35BrN4O4. The van der Waals surface area contributed by atoms with E-state index in [9.17, 15) is 9.59 Å². The number of nitrogens with zero attached hydrogens (tertiary/aromatic N) is 4. The first-order valence-electron chi connectivity index (χ1n) is 12.2. The van der Waals surface area contributed by atoms with Gasteiger partial charge in [0.25, 0.3) is 0 Å². The van der Waals surface area contributed by atoms with Gasteiger partial charge in [0.1, 0.15) is 11.4 Å². The number of hydrogen-bond acceptors (Lipinski definition) is 6. The number of fused-ring (bicyclic) bond motifs is 1. The van der Waals surface area contributed by atoms with Crippen molar-refractivity contribution >= 4 is 33.6 Å². The average molecular weight is 547 g/mol. The molecule has 1 aromatic heterocycles. The maximum absolute atomic E-state index is 13.1. The molecule has 1 fully saturated rings. The zero-order chi connectivity index (χ0) is 25.2. The second kappa shape index (κ2) is 10.6. The SMILES string of the molecule is COc1ccc(Cn2cc3c(n2)N(CC2CCN(C(=O)OC(C)(C)C)CC2)CCC(Br)C3=O)cc1. The Morgan fingerprint density at radius 2 is 1.80 bits per heavy atom. The number of anilines is 1. The van der Waals surface area contributed by atoms with Crippen molar-refractivity contribution in [2.75, 3.05) is 38.2 Å². The van der Waals surface area contributed by atoms with Crippen LogP contribution in [-0.2, 0) is 11.3 Å². The number of methoxy groups -OCH3 is 1. The third kappa shape index (κ3) is 6.37. The third-order valence-electron chi connectivity index (χ3n) is 6.49. The van der Waals surface area contributed by atoms with Crippen LogP contribution >= 0.6 is 15.9 Å². The maximum atomic E-state index is 13.1. The van der Waals surface area contributed by atoms with Gasteiger partial charge in [0.15, 0.2) is 11.6 Å². The number of rotatable bonds is 5. The molecule has 1 atom stereocenters. The molecule has 1 amide bonds. The van der Waals surface area contributed by atoms with Gasteiger partial charge in [-0.05, 0) is 63.6 Å². The number of amides is 1. The van der Waals surface area contributed by atoms with E-state index in [0.29, 0.717) is 31.1 Å². The summed E-state index contributed by atoms with van der Waals surface area (Å²) in [5, 5.41) is 4.85. The first kappa shape index (κ1) is 25.5. The van der Waals surface area contributed by atoms with Crippen molar-refractivity contribution in [3.63, 3.8) is 0 Å². The summed E-state index contributed by atoms with van der Waals surface area (Å²) >= 11 is 3.58. The molecule has 0 spiro atoms. The number of halogens is 1. The topological polar surface area (TPSA) is 76.9 Å². The highest BCUT2D eigenvalue weighted by molar-refractivity contribution is 9.10. The van der Waals surface area contributed by atoms with E-state index in [4.69, 9.17) is 14.6 Å². The Balaban J connectivity index is 1.44. The predicted molar refractivity (Wildman–Crippen MR) is 139 cm³/mol. The number of likely N-dealkylation sites (tertiary alicyclic amines) is 1. The Bertz CT molecular complexity index is 1040. The molecule has 0 N–H and O–H groups in total. The lowest BCUT2D eigenvalue weighted by molar-refractivity contribution is 0.0186. The molecule has 1 unspecified atom stereocenters. The van der Waals surface area contributed by atoms with E-state index >= 15 is 0 Å². The lowest BCUT2D eigenvalue weighted by Crippen LogP contribution is -2.44. The summed E-state index contributed by atoms with van der Waals surface area (Å²) in [6, 6.07) is 7.88. The summed E-state index contributed by atoms with van der Waals surface area (Å²) in [5.74, 6) is 2.09. The van der Waals surface area contributed by atoms with Crippen LogP contribution < -0.4 is 9.64 Å². The first-order valence-corrected chi connectivity index (χ1v) is 13.2. The van der Waals surface area contributed by atoms with Crippen molar-refractivity contribution in [2.24, 2.45) is 5.92 Å². The number of aromatic nitrogens is 2. The number of Topliss-reactive ketones (excluding diaryl/α,β-unsaturated/α-hetero) is 1. The van der Waals surface area contributed by atoms with Crippen molar-refractivity contribution in [3.8, 4) is 5.75 Å². The van der Waals surface area contributed by atoms with E-state index in [1.807, 2.05) is 55.9 Å². The largest absolute Gasteiger partial charge is 0.497 e. The number of carbonyl (C=O) groups is 2. The molecule has 9 heteroatoms. The highest BCUT2D eigenvalue weighted by Gasteiger charge is 2.33. The molecule has 3 heterocycles. The maximum Gasteiger partial charge on any atom is 0.410 e. The summed E-state index contributed by atoms with van der Waals surface area (Å²) in [4.78, 5) is 29.3. The van der Waals surface area contributed by atoms with Crippen molar-refractivity contribution in [3.05, 3.63) is 41.6 Å². The number of piperidine rings is 1. The minimum atomic E-state index is -0.486. The van der Waals surface area contributed by atoms with Gasteiger partial charge >= 0.3 is 6.09 Å². The number of ketones is 1. The van der Waals surface area contributed by atoms with Crippen molar-refractivity contribution in [1.82, 2.24) is 14.7 Å². The fourth-order valence-electron chi connectivity index (χ4n) is 4.61. The van der Waals surface area contributed by atoms with Gasteiger partial charge in [0.05, 0.1) is 24.0 Å². The van der Waals surface area contributed by atoms with Gasteiger partial charge in [0, 0.05) is 32.4 Å². The molecule has 8 nitrogen and oxygen atoms in total. The number of carbonyl (C=O) groups excluding carboxylic acids is 2. The Morgan fingerprint density at radius 1 is 1.11 bits per heavy atom. The molecule has 190 valence electrons. The van der Waals surface area contributed by atoms with E-state index in [1.54, 1.807) is 12.0 Å². The fraction of sp³-hybridized carbons (Fsp3) is 0.577. The number of hydrogen-bond donors (Lipinski definition) is 0. The molecule has 1 saturated heterocycles.